The third kappa shape index (κ3) is 2.21. The molecule has 80 valence electrons. The second-order valence-corrected chi connectivity index (χ2v) is 3.34. The van der Waals surface area contributed by atoms with E-state index in [1.54, 1.807) is 10.9 Å². The molecule has 1 N–H and O–H groups in total. The fourth-order valence-electron chi connectivity index (χ4n) is 1.34. The van der Waals surface area contributed by atoms with Crippen LogP contribution in [0, 0.1) is 0 Å². The molecule has 6 nitrogen and oxygen atoms in total. The van der Waals surface area contributed by atoms with Gasteiger partial charge in [0.25, 0.3) is 0 Å². The number of aryl methyl sites for hydroxylation is 1. The van der Waals surface area contributed by atoms with Crippen LogP contribution in [0.4, 0.5) is 0 Å². The summed E-state index contributed by atoms with van der Waals surface area (Å²) in [5.41, 5.74) is 0.798. The van der Waals surface area contributed by atoms with Crippen molar-refractivity contribution in [2.75, 3.05) is 6.61 Å². The molecule has 2 aromatic heterocycles. The highest BCUT2D eigenvalue weighted by molar-refractivity contribution is 4.96. The summed E-state index contributed by atoms with van der Waals surface area (Å²) >= 11 is 0. The lowest BCUT2D eigenvalue weighted by Gasteiger charge is -1.99. The summed E-state index contributed by atoms with van der Waals surface area (Å²) in [7, 11) is 1.94. The molecule has 2 heterocycles. The Morgan fingerprint density at radius 3 is 3.00 bits per heavy atom. The van der Waals surface area contributed by atoms with Crippen LogP contribution in [0.1, 0.15) is 11.5 Å². The van der Waals surface area contributed by atoms with Crippen LogP contribution in [0.15, 0.2) is 18.6 Å². The molecule has 0 fully saturated rings. The van der Waals surface area contributed by atoms with Crippen LogP contribution >= 0.6 is 0 Å². The molecule has 6 heteroatoms. The van der Waals surface area contributed by atoms with Crippen LogP contribution < -0.4 is 0 Å². The van der Waals surface area contributed by atoms with Crippen molar-refractivity contribution in [2.24, 2.45) is 7.05 Å². The highest BCUT2D eigenvalue weighted by Gasteiger charge is 2.03. The van der Waals surface area contributed by atoms with Crippen LogP contribution in [0.2, 0.25) is 0 Å². The molecule has 0 aliphatic heterocycles. The quantitative estimate of drug-likeness (QED) is 0.740. The first-order valence-electron chi connectivity index (χ1n) is 4.75. The van der Waals surface area contributed by atoms with Gasteiger partial charge in [-0.2, -0.15) is 0 Å². The summed E-state index contributed by atoms with van der Waals surface area (Å²) in [6.07, 6.45) is 6.01. The van der Waals surface area contributed by atoms with E-state index in [0.717, 1.165) is 11.5 Å². The normalized spacial score (nSPS) is 10.8. The molecule has 0 bridgehead atoms. The van der Waals surface area contributed by atoms with Crippen molar-refractivity contribution < 1.29 is 5.11 Å². The fraction of sp³-hybridized carbons (Fsp3) is 0.444. The molecule has 0 spiro atoms. The van der Waals surface area contributed by atoms with Gasteiger partial charge in [0.2, 0.25) is 0 Å². The lowest BCUT2D eigenvalue weighted by molar-refractivity contribution is 0.298. The van der Waals surface area contributed by atoms with Crippen molar-refractivity contribution in [3.8, 4) is 0 Å². The van der Waals surface area contributed by atoms with E-state index in [1.165, 1.54) is 0 Å². The van der Waals surface area contributed by atoms with E-state index in [1.807, 2.05) is 24.0 Å². The van der Waals surface area contributed by atoms with Gasteiger partial charge in [-0.3, -0.25) is 0 Å². The SMILES string of the molecule is Cn1ccnc1Cn1cc(CCO)nn1. The molecule has 0 aliphatic rings. The predicted octanol–water partition coefficient (Wildman–Crippen LogP) is -0.405. The topological polar surface area (TPSA) is 68.8 Å². The number of aromatic nitrogens is 5. The second kappa shape index (κ2) is 4.22. The van der Waals surface area contributed by atoms with Gasteiger partial charge in [0.1, 0.15) is 12.4 Å². The number of nitrogens with zero attached hydrogens (tertiary/aromatic N) is 5. The van der Waals surface area contributed by atoms with E-state index < -0.39 is 0 Å². The first-order valence-corrected chi connectivity index (χ1v) is 4.75. The minimum absolute atomic E-state index is 0.0983. The number of imidazole rings is 1. The molecule has 2 aromatic rings. The first kappa shape index (κ1) is 9.85. The van der Waals surface area contributed by atoms with Gasteiger partial charge in [0.15, 0.2) is 0 Å². The minimum Gasteiger partial charge on any atom is -0.396 e. The van der Waals surface area contributed by atoms with Gasteiger partial charge < -0.3 is 9.67 Å². The third-order valence-electron chi connectivity index (χ3n) is 2.18. The number of hydrogen-bond donors (Lipinski definition) is 1. The Morgan fingerprint density at radius 1 is 1.47 bits per heavy atom. The van der Waals surface area contributed by atoms with Gasteiger partial charge in [0, 0.05) is 38.7 Å². The van der Waals surface area contributed by atoms with Crippen molar-refractivity contribution in [3.63, 3.8) is 0 Å². The molecular formula is C9H13N5O. The Morgan fingerprint density at radius 2 is 2.33 bits per heavy atom. The highest BCUT2D eigenvalue weighted by Crippen LogP contribution is 1.99. The average Bonchev–Trinajstić information content (AvgIpc) is 2.79. The lowest BCUT2D eigenvalue weighted by Crippen LogP contribution is -2.06. The predicted molar refractivity (Wildman–Crippen MR) is 53.1 cm³/mol. The number of aliphatic hydroxyl groups is 1. The molecule has 0 saturated heterocycles. The molecule has 15 heavy (non-hydrogen) atoms. The maximum Gasteiger partial charge on any atom is 0.130 e. The average molecular weight is 207 g/mol. The molecule has 0 unspecified atom stereocenters. The van der Waals surface area contributed by atoms with Gasteiger partial charge in [-0.1, -0.05) is 5.21 Å². The van der Waals surface area contributed by atoms with Crippen LogP contribution in [0.5, 0.6) is 0 Å². The summed E-state index contributed by atoms with van der Waals surface area (Å²) in [5, 5.41) is 16.6. The van der Waals surface area contributed by atoms with Crippen molar-refractivity contribution in [2.45, 2.75) is 13.0 Å². The molecule has 0 saturated carbocycles. The van der Waals surface area contributed by atoms with E-state index in [-0.39, 0.29) is 6.61 Å². The van der Waals surface area contributed by atoms with Crippen molar-refractivity contribution in [3.05, 3.63) is 30.1 Å². The van der Waals surface area contributed by atoms with Crippen molar-refractivity contribution in [1.29, 1.82) is 0 Å². The van der Waals surface area contributed by atoms with Gasteiger partial charge in [-0.25, -0.2) is 9.67 Å². The third-order valence-corrected chi connectivity index (χ3v) is 2.18. The Balaban J connectivity index is 2.08. The summed E-state index contributed by atoms with van der Waals surface area (Å²) in [4.78, 5) is 4.19. The van der Waals surface area contributed by atoms with Gasteiger partial charge in [-0.05, 0) is 0 Å². The smallest absolute Gasteiger partial charge is 0.130 e. The monoisotopic (exact) mass is 207 g/mol. The standard InChI is InChI=1S/C9H13N5O/c1-13-4-3-10-9(13)7-14-6-8(2-5-15)11-12-14/h3-4,6,15H,2,5,7H2,1H3. The maximum absolute atomic E-state index is 8.74. The zero-order valence-electron chi connectivity index (χ0n) is 8.54. The summed E-state index contributed by atoms with van der Waals surface area (Å²) in [5.74, 6) is 0.926. The zero-order valence-corrected chi connectivity index (χ0v) is 8.54. The molecule has 0 aliphatic carbocycles. The van der Waals surface area contributed by atoms with Crippen LogP contribution in [0.25, 0.3) is 0 Å². The number of aliphatic hydroxyl groups excluding tert-OH is 1. The largest absolute Gasteiger partial charge is 0.396 e. The van der Waals surface area contributed by atoms with Crippen LogP contribution in [0.3, 0.4) is 0 Å². The summed E-state index contributed by atoms with van der Waals surface area (Å²) in [6, 6.07) is 0. The van der Waals surface area contributed by atoms with Gasteiger partial charge in [-0.15, -0.1) is 5.10 Å². The Kier molecular flexibility index (Phi) is 2.77. The van der Waals surface area contributed by atoms with Crippen LogP contribution in [-0.4, -0.2) is 36.3 Å². The van der Waals surface area contributed by atoms with E-state index >= 15 is 0 Å². The minimum atomic E-state index is 0.0983. The summed E-state index contributed by atoms with van der Waals surface area (Å²) in [6.45, 7) is 0.697. The number of hydrogen-bond acceptors (Lipinski definition) is 4. The molecule has 0 aromatic carbocycles. The summed E-state index contributed by atoms with van der Waals surface area (Å²) < 4.78 is 3.65. The van der Waals surface area contributed by atoms with Gasteiger partial charge in [0.05, 0.1) is 5.69 Å². The maximum atomic E-state index is 8.74. The van der Waals surface area contributed by atoms with Crippen molar-refractivity contribution >= 4 is 0 Å². The zero-order chi connectivity index (χ0) is 10.7. The Labute approximate surface area is 87.2 Å². The fourth-order valence-corrected chi connectivity index (χ4v) is 1.34. The number of rotatable bonds is 4. The molecule has 0 atom stereocenters. The van der Waals surface area contributed by atoms with Crippen molar-refractivity contribution in [1.82, 2.24) is 24.5 Å². The first-order chi connectivity index (χ1) is 7.29. The van der Waals surface area contributed by atoms with Gasteiger partial charge >= 0.3 is 0 Å². The van der Waals surface area contributed by atoms with E-state index in [4.69, 9.17) is 5.11 Å². The molecular weight excluding hydrogens is 194 g/mol. The highest BCUT2D eigenvalue weighted by atomic mass is 16.3. The second-order valence-electron chi connectivity index (χ2n) is 3.34. The Hall–Kier alpha value is -1.69. The lowest BCUT2D eigenvalue weighted by atomic mass is 10.3. The molecule has 0 radical (unpaired) electrons. The molecule has 2 rings (SSSR count). The Bertz CT molecular complexity index is 433. The molecule has 0 amide bonds. The van der Waals surface area contributed by atoms with E-state index in [2.05, 4.69) is 15.3 Å². The van der Waals surface area contributed by atoms with E-state index in [0.29, 0.717) is 13.0 Å². The van der Waals surface area contributed by atoms with Crippen LogP contribution in [-0.2, 0) is 20.0 Å². The van der Waals surface area contributed by atoms with E-state index in [9.17, 15) is 0 Å².